The van der Waals surface area contributed by atoms with Gasteiger partial charge in [0, 0.05) is 37.3 Å². The van der Waals surface area contributed by atoms with Crippen LogP contribution in [0.25, 0.3) is 0 Å². The molecule has 108 valence electrons. The first-order valence-corrected chi connectivity index (χ1v) is 7.96. The molecule has 2 aromatic rings. The number of hydrogen-bond donors (Lipinski definition) is 1. The third-order valence-corrected chi connectivity index (χ3v) is 4.97. The molecule has 0 saturated carbocycles. The topological polar surface area (TPSA) is 15.3 Å². The van der Waals surface area contributed by atoms with Gasteiger partial charge in [-0.2, -0.15) is 0 Å². The smallest absolute Gasteiger partial charge is 0.0402 e. The Kier molecular flexibility index (Phi) is 3.19. The average molecular weight is 278 g/mol. The van der Waals surface area contributed by atoms with E-state index >= 15 is 0 Å². The average Bonchev–Trinajstić information content (AvgIpc) is 2.84. The summed E-state index contributed by atoms with van der Waals surface area (Å²) in [7, 11) is 0. The van der Waals surface area contributed by atoms with E-state index in [0.717, 1.165) is 19.6 Å². The van der Waals surface area contributed by atoms with Crippen LogP contribution in [-0.2, 0) is 13.0 Å². The summed E-state index contributed by atoms with van der Waals surface area (Å²) >= 11 is 0. The number of rotatable bonds is 2. The molecule has 0 fully saturated rings. The van der Waals surface area contributed by atoms with Gasteiger partial charge in [-0.3, -0.25) is 0 Å². The van der Waals surface area contributed by atoms with Crippen molar-refractivity contribution < 1.29 is 0 Å². The summed E-state index contributed by atoms with van der Waals surface area (Å²) < 4.78 is 0. The minimum atomic E-state index is 0.587. The Morgan fingerprint density at radius 3 is 2.71 bits per heavy atom. The van der Waals surface area contributed by atoms with Crippen LogP contribution in [0.3, 0.4) is 0 Å². The Balaban J connectivity index is 1.63. The molecule has 0 amide bonds. The summed E-state index contributed by atoms with van der Waals surface area (Å²) in [6, 6.07) is 18.4. The van der Waals surface area contributed by atoms with Gasteiger partial charge in [-0.1, -0.05) is 42.5 Å². The lowest BCUT2D eigenvalue weighted by Crippen LogP contribution is -2.39. The van der Waals surface area contributed by atoms with Crippen molar-refractivity contribution in [3.05, 3.63) is 65.2 Å². The molecule has 2 nitrogen and oxygen atoms in total. The molecule has 2 aliphatic heterocycles. The van der Waals surface area contributed by atoms with E-state index < -0.39 is 0 Å². The Hall–Kier alpha value is -1.80. The van der Waals surface area contributed by atoms with Crippen LogP contribution in [0, 0.1) is 0 Å². The number of anilines is 1. The molecule has 0 saturated heterocycles. The number of benzene rings is 2. The molecule has 21 heavy (non-hydrogen) atoms. The lowest BCUT2D eigenvalue weighted by atomic mass is 9.90. The maximum absolute atomic E-state index is 3.58. The molecule has 2 aromatic carbocycles. The van der Waals surface area contributed by atoms with Gasteiger partial charge in [0.1, 0.15) is 0 Å². The van der Waals surface area contributed by atoms with E-state index in [-0.39, 0.29) is 0 Å². The van der Waals surface area contributed by atoms with Crippen LogP contribution in [0.1, 0.15) is 29.5 Å². The van der Waals surface area contributed by atoms with Crippen molar-refractivity contribution >= 4 is 5.69 Å². The van der Waals surface area contributed by atoms with E-state index in [1.54, 1.807) is 0 Å². The fourth-order valence-corrected chi connectivity index (χ4v) is 3.89. The first-order chi connectivity index (χ1) is 10.3. The van der Waals surface area contributed by atoms with Crippen LogP contribution >= 0.6 is 0 Å². The first-order valence-electron chi connectivity index (χ1n) is 7.96. The SMILES string of the molecule is CC1Cc2ccccc2N1CC1CNCc2ccccc21. The second kappa shape index (κ2) is 5.19. The highest BCUT2D eigenvalue weighted by Gasteiger charge is 2.29. The van der Waals surface area contributed by atoms with E-state index in [1.807, 2.05) is 0 Å². The minimum Gasteiger partial charge on any atom is -0.368 e. The van der Waals surface area contributed by atoms with Crippen molar-refractivity contribution in [1.82, 2.24) is 5.32 Å². The molecule has 2 unspecified atom stereocenters. The Morgan fingerprint density at radius 1 is 1.05 bits per heavy atom. The summed E-state index contributed by atoms with van der Waals surface area (Å²) in [6.45, 7) is 5.56. The Morgan fingerprint density at radius 2 is 1.81 bits per heavy atom. The number of nitrogens with zero attached hydrogens (tertiary/aromatic N) is 1. The van der Waals surface area contributed by atoms with E-state index in [2.05, 4.69) is 65.7 Å². The van der Waals surface area contributed by atoms with Crippen molar-refractivity contribution in [3.8, 4) is 0 Å². The molecular weight excluding hydrogens is 256 g/mol. The van der Waals surface area contributed by atoms with E-state index in [4.69, 9.17) is 0 Å². The number of fused-ring (bicyclic) bond motifs is 2. The van der Waals surface area contributed by atoms with Crippen molar-refractivity contribution in [1.29, 1.82) is 0 Å². The fraction of sp³-hybridized carbons (Fsp3) is 0.368. The maximum atomic E-state index is 3.58. The summed E-state index contributed by atoms with van der Waals surface area (Å²) in [4.78, 5) is 2.60. The van der Waals surface area contributed by atoms with E-state index in [1.165, 1.54) is 28.8 Å². The fourth-order valence-electron chi connectivity index (χ4n) is 3.89. The molecular formula is C19H22N2. The van der Waals surface area contributed by atoms with Gasteiger partial charge in [-0.15, -0.1) is 0 Å². The van der Waals surface area contributed by atoms with Crippen LogP contribution < -0.4 is 10.2 Å². The van der Waals surface area contributed by atoms with Crippen molar-refractivity contribution in [2.24, 2.45) is 0 Å². The molecule has 2 atom stereocenters. The van der Waals surface area contributed by atoms with Gasteiger partial charge in [0.2, 0.25) is 0 Å². The minimum absolute atomic E-state index is 0.587. The molecule has 1 N–H and O–H groups in total. The highest BCUT2D eigenvalue weighted by Crippen LogP contribution is 2.34. The molecule has 4 rings (SSSR count). The lowest BCUT2D eigenvalue weighted by Gasteiger charge is -2.33. The molecule has 0 bridgehead atoms. The van der Waals surface area contributed by atoms with Gasteiger partial charge < -0.3 is 10.2 Å². The summed E-state index contributed by atoms with van der Waals surface area (Å²) in [5.74, 6) is 0.587. The largest absolute Gasteiger partial charge is 0.368 e. The predicted octanol–water partition coefficient (Wildman–Crippen LogP) is 3.32. The Bertz CT molecular complexity index is 650. The zero-order chi connectivity index (χ0) is 14.2. The second-order valence-electron chi connectivity index (χ2n) is 6.36. The van der Waals surface area contributed by atoms with Gasteiger partial charge in [0.15, 0.2) is 0 Å². The van der Waals surface area contributed by atoms with Crippen LogP contribution in [0.5, 0.6) is 0 Å². The first kappa shape index (κ1) is 12.9. The number of nitrogens with one attached hydrogen (secondary N) is 1. The van der Waals surface area contributed by atoms with Crippen molar-refractivity contribution in [2.45, 2.75) is 31.8 Å². The number of para-hydroxylation sites is 1. The van der Waals surface area contributed by atoms with Crippen molar-refractivity contribution in [2.75, 3.05) is 18.0 Å². The zero-order valence-electron chi connectivity index (χ0n) is 12.5. The highest BCUT2D eigenvalue weighted by atomic mass is 15.2. The molecule has 0 spiro atoms. The van der Waals surface area contributed by atoms with Gasteiger partial charge >= 0.3 is 0 Å². The molecule has 0 aromatic heterocycles. The molecule has 2 heterocycles. The van der Waals surface area contributed by atoms with Crippen LogP contribution in [0.2, 0.25) is 0 Å². The molecule has 0 aliphatic carbocycles. The van der Waals surface area contributed by atoms with E-state index in [9.17, 15) is 0 Å². The number of hydrogen-bond acceptors (Lipinski definition) is 2. The van der Waals surface area contributed by atoms with Crippen molar-refractivity contribution in [3.63, 3.8) is 0 Å². The predicted molar refractivity (Wildman–Crippen MR) is 87.8 cm³/mol. The van der Waals surface area contributed by atoms with Gasteiger partial charge in [-0.25, -0.2) is 0 Å². The standard InChI is InChI=1S/C19H22N2/c1-14-10-15-6-3-5-9-19(15)21(14)13-17-12-20-11-16-7-2-4-8-18(16)17/h2-9,14,17,20H,10-13H2,1H3. The normalized spacial score (nSPS) is 23.8. The van der Waals surface area contributed by atoms with Crippen LogP contribution in [0.15, 0.2) is 48.5 Å². The third kappa shape index (κ3) is 2.24. The van der Waals surface area contributed by atoms with Gasteiger partial charge in [0.05, 0.1) is 0 Å². The second-order valence-corrected chi connectivity index (χ2v) is 6.36. The molecule has 2 aliphatic rings. The van der Waals surface area contributed by atoms with Crippen LogP contribution in [0.4, 0.5) is 5.69 Å². The monoisotopic (exact) mass is 278 g/mol. The summed E-state index contributed by atoms with van der Waals surface area (Å²) in [5.41, 5.74) is 5.94. The third-order valence-electron chi connectivity index (χ3n) is 4.97. The summed E-state index contributed by atoms with van der Waals surface area (Å²) in [6.07, 6.45) is 1.18. The van der Waals surface area contributed by atoms with Gasteiger partial charge in [-0.05, 0) is 36.1 Å². The molecule has 2 heteroatoms. The summed E-state index contributed by atoms with van der Waals surface area (Å²) in [5, 5.41) is 3.58. The highest BCUT2D eigenvalue weighted by molar-refractivity contribution is 5.59. The Labute approximate surface area is 126 Å². The quantitative estimate of drug-likeness (QED) is 0.906. The molecule has 0 radical (unpaired) electrons. The lowest BCUT2D eigenvalue weighted by molar-refractivity contribution is 0.517. The van der Waals surface area contributed by atoms with Crippen LogP contribution in [-0.4, -0.2) is 19.1 Å². The van der Waals surface area contributed by atoms with E-state index in [0.29, 0.717) is 12.0 Å². The zero-order valence-corrected chi connectivity index (χ0v) is 12.5. The maximum Gasteiger partial charge on any atom is 0.0402 e. The van der Waals surface area contributed by atoms with Gasteiger partial charge in [0.25, 0.3) is 0 Å².